The highest BCUT2D eigenvalue weighted by Gasteiger charge is 1.91. The maximum absolute atomic E-state index is 5.47. The highest BCUT2D eigenvalue weighted by molar-refractivity contribution is 6.17. The predicted octanol–water partition coefficient (Wildman–Crippen LogP) is 0.581. The first-order valence-corrected chi connectivity index (χ1v) is 4.15. The summed E-state index contributed by atoms with van der Waals surface area (Å²) in [5.74, 6) is 6.80. The third-order valence-electron chi connectivity index (χ3n) is 1.14. The summed E-state index contributed by atoms with van der Waals surface area (Å²) in [6, 6.07) is 0. The van der Waals surface area contributed by atoms with Crippen LogP contribution in [0.2, 0.25) is 0 Å². The topological polar surface area (TPSA) is 43.6 Å². The fourth-order valence-electron chi connectivity index (χ4n) is 0.631. The van der Waals surface area contributed by atoms with Gasteiger partial charge in [-0.1, -0.05) is 11.0 Å². The van der Waals surface area contributed by atoms with Crippen molar-refractivity contribution in [1.82, 2.24) is 20.2 Å². The Balaban J connectivity index is 2.43. The molecule has 64 valence electrons. The largest absolute Gasteiger partial charge is 0.247 e. The molecule has 1 heterocycles. The molecule has 1 aromatic rings. The van der Waals surface area contributed by atoms with Gasteiger partial charge in [-0.15, -0.1) is 16.7 Å². The Labute approximate surface area is 75.9 Å². The SMILES string of the molecule is Cn1nnc(C#CCCCCl)n1. The number of rotatable bonds is 2. The Bertz CT molecular complexity index is 296. The molecule has 0 radical (unpaired) electrons. The van der Waals surface area contributed by atoms with E-state index in [2.05, 4.69) is 27.3 Å². The minimum atomic E-state index is 0.465. The second-order valence-electron chi connectivity index (χ2n) is 2.20. The fraction of sp³-hybridized carbons (Fsp3) is 0.571. The normalized spacial score (nSPS) is 9.17. The first-order valence-electron chi connectivity index (χ1n) is 3.62. The highest BCUT2D eigenvalue weighted by Crippen LogP contribution is 1.89. The quantitative estimate of drug-likeness (QED) is 0.384. The summed E-state index contributed by atoms with van der Waals surface area (Å²) in [6.07, 6.45) is 1.68. The van der Waals surface area contributed by atoms with Crippen LogP contribution in [0.25, 0.3) is 0 Å². The summed E-state index contributed by atoms with van der Waals surface area (Å²) < 4.78 is 0. The van der Waals surface area contributed by atoms with E-state index in [-0.39, 0.29) is 0 Å². The maximum Gasteiger partial charge on any atom is 0.247 e. The van der Waals surface area contributed by atoms with Gasteiger partial charge in [-0.3, -0.25) is 0 Å². The molecular formula is C7H9ClN4. The number of tetrazole rings is 1. The summed E-state index contributed by atoms with van der Waals surface area (Å²) in [7, 11) is 1.71. The van der Waals surface area contributed by atoms with Crippen molar-refractivity contribution >= 4 is 11.6 Å². The lowest BCUT2D eigenvalue weighted by atomic mass is 10.3. The van der Waals surface area contributed by atoms with Gasteiger partial charge in [-0.25, -0.2) is 0 Å². The first-order chi connectivity index (χ1) is 5.83. The molecule has 0 atom stereocenters. The van der Waals surface area contributed by atoms with Crippen molar-refractivity contribution in [2.75, 3.05) is 5.88 Å². The zero-order valence-electron chi connectivity index (χ0n) is 6.79. The Morgan fingerprint density at radius 3 is 3.00 bits per heavy atom. The molecule has 0 fully saturated rings. The Morgan fingerprint density at radius 2 is 2.42 bits per heavy atom. The van der Waals surface area contributed by atoms with Gasteiger partial charge < -0.3 is 0 Å². The Kier molecular flexibility index (Phi) is 3.55. The second kappa shape index (κ2) is 4.73. The van der Waals surface area contributed by atoms with Crippen molar-refractivity contribution in [2.24, 2.45) is 7.05 Å². The number of nitrogens with zero attached hydrogens (tertiary/aromatic N) is 4. The number of aromatic nitrogens is 4. The number of hydrogen-bond acceptors (Lipinski definition) is 3. The molecule has 0 spiro atoms. The Hall–Kier alpha value is -1.08. The monoisotopic (exact) mass is 184 g/mol. The van der Waals surface area contributed by atoms with Crippen molar-refractivity contribution in [3.8, 4) is 11.8 Å². The minimum Gasteiger partial charge on any atom is -0.166 e. The number of aryl methyl sites for hydroxylation is 1. The molecule has 0 aliphatic carbocycles. The molecule has 0 N–H and O–H groups in total. The molecule has 4 nitrogen and oxygen atoms in total. The third kappa shape index (κ3) is 2.89. The Morgan fingerprint density at radius 1 is 1.58 bits per heavy atom. The van der Waals surface area contributed by atoms with E-state index in [1.165, 1.54) is 4.80 Å². The fourth-order valence-corrected chi connectivity index (χ4v) is 0.765. The highest BCUT2D eigenvalue weighted by atomic mass is 35.5. The van der Waals surface area contributed by atoms with Gasteiger partial charge in [0.25, 0.3) is 0 Å². The van der Waals surface area contributed by atoms with Crippen LogP contribution in [0.1, 0.15) is 18.7 Å². The molecule has 5 heteroatoms. The first kappa shape index (κ1) is 9.01. The van der Waals surface area contributed by atoms with Crippen LogP contribution in [0.15, 0.2) is 0 Å². The van der Waals surface area contributed by atoms with Gasteiger partial charge in [0, 0.05) is 12.3 Å². The molecule has 0 aliphatic rings. The van der Waals surface area contributed by atoms with E-state index in [0.717, 1.165) is 12.8 Å². The van der Waals surface area contributed by atoms with Crippen LogP contribution >= 0.6 is 11.6 Å². The molecular weight excluding hydrogens is 176 g/mol. The van der Waals surface area contributed by atoms with Gasteiger partial charge in [-0.05, 0) is 17.6 Å². The molecule has 0 bridgehead atoms. The van der Waals surface area contributed by atoms with Crippen molar-refractivity contribution in [1.29, 1.82) is 0 Å². The molecule has 0 unspecified atom stereocenters. The number of alkyl halides is 1. The van der Waals surface area contributed by atoms with Crippen LogP contribution in [0.5, 0.6) is 0 Å². The third-order valence-corrected chi connectivity index (χ3v) is 1.41. The van der Waals surface area contributed by atoms with Crippen molar-refractivity contribution < 1.29 is 0 Å². The second-order valence-corrected chi connectivity index (χ2v) is 2.57. The lowest BCUT2D eigenvalue weighted by Crippen LogP contribution is -1.91. The summed E-state index contributed by atoms with van der Waals surface area (Å²) >= 11 is 5.47. The van der Waals surface area contributed by atoms with Crippen LogP contribution in [-0.2, 0) is 7.05 Å². The maximum atomic E-state index is 5.47. The number of halogens is 1. The minimum absolute atomic E-state index is 0.465. The molecule has 1 rings (SSSR count). The van der Waals surface area contributed by atoms with Gasteiger partial charge in [0.15, 0.2) is 0 Å². The summed E-state index contributed by atoms with van der Waals surface area (Å²) in [4.78, 5) is 1.38. The molecule has 1 aromatic heterocycles. The van der Waals surface area contributed by atoms with Gasteiger partial charge in [0.05, 0.1) is 7.05 Å². The van der Waals surface area contributed by atoms with E-state index >= 15 is 0 Å². The standard InChI is InChI=1S/C7H9ClN4/c1-12-10-7(9-11-12)5-3-2-4-6-8/h2,4,6H2,1H3. The molecule has 0 aliphatic heterocycles. The van der Waals surface area contributed by atoms with Crippen LogP contribution in [0.3, 0.4) is 0 Å². The lowest BCUT2D eigenvalue weighted by molar-refractivity contribution is 0.629. The van der Waals surface area contributed by atoms with Crippen LogP contribution in [-0.4, -0.2) is 26.1 Å². The van der Waals surface area contributed by atoms with Crippen LogP contribution < -0.4 is 0 Å². The molecule has 0 aromatic carbocycles. The van der Waals surface area contributed by atoms with Gasteiger partial charge in [-0.2, -0.15) is 4.80 Å². The van der Waals surface area contributed by atoms with Crippen LogP contribution in [0, 0.1) is 11.8 Å². The van der Waals surface area contributed by atoms with E-state index in [4.69, 9.17) is 11.6 Å². The van der Waals surface area contributed by atoms with E-state index in [0.29, 0.717) is 11.7 Å². The van der Waals surface area contributed by atoms with E-state index in [1.54, 1.807) is 7.05 Å². The molecule has 0 saturated carbocycles. The summed E-state index contributed by atoms with van der Waals surface area (Å²) in [6.45, 7) is 0. The van der Waals surface area contributed by atoms with Gasteiger partial charge in [0.1, 0.15) is 0 Å². The van der Waals surface area contributed by atoms with Crippen molar-refractivity contribution in [2.45, 2.75) is 12.8 Å². The zero-order chi connectivity index (χ0) is 8.81. The van der Waals surface area contributed by atoms with Crippen molar-refractivity contribution in [3.05, 3.63) is 5.82 Å². The smallest absolute Gasteiger partial charge is 0.166 e. The van der Waals surface area contributed by atoms with Gasteiger partial charge >= 0.3 is 0 Å². The number of unbranched alkanes of at least 4 members (excludes halogenated alkanes) is 1. The molecule has 0 saturated heterocycles. The van der Waals surface area contributed by atoms with Crippen LogP contribution in [0.4, 0.5) is 0 Å². The van der Waals surface area contributed by atoms with Gasteiger partial charge in [0.2, 0.25) is 5.82 Å². The van der Waals surface area contributed by atoms with E-state index in [1.807, 2.05) is 0 Å². The number of hydrogen-bond donors (Lipinski definition) is 0. The average Bonchev–Trinajstić information content (AvgIpc) is 2.45. The summed E-state index contributed by atoms with van der Waals surface area (Å²) in [5, 5.41) is 11.2. The van der Waals surface area contributed by atoms with E-state index < -0.39 is 0 Å². The predicted molar refractivity (Wildman–Crippen MR) is 45.6 cm³/mol. The zero-order valence-corrected chi connectivity index (χ0v) is 7.54. The average molecular weight is 185 g/mol. The summed E-state index contributed by atoms with van der Waals surface area (Å²) in [5.41, 5.74) is 0. The molecule has 12 heavy (non-hydrogen) atoms. The lowest BCUT2D eigenvalue weighted by Gasteiger charge is -1.80. The molecule has 0 amide bonds. The van der Waals surface area contributed by atoms with E-state index in [9.17, 15) is 0 Å². The van der Waals surface area contributed by atoms with Crippen molar-refractivity contribution in [3.63, 3.8) is 0 Å².